The first-order chi connectivity index (χ1) is 22.3. The number of aromatic hydroxyl groups is 1. The van der Waals surface area contributed by atoms with Crippen molar-refractivity contribution in [2.24, 2.45) is 29.1 Å². The van der Waals surface area contributed by atoms with Crippen LogP contribution >= 0.6 is 0 Å². The predicted molar refractivity (Wildman–Crippen MR) is 185 cm³/mol. The number of fused-ring (bicyclic) bond motifs is 5. The highest BCUT2D eigenvalue weighted by molar-refractivity contribution is 5.85. The number of ketones is 1. The van der Waals surface area contributed by atoms with Crippen molar-refractivity contribution in [1.82, 2.24) is 14.9 Å². The van der Waals surface area contributed by atoms with Crippen LogP contribution < -0.4 is 14.7 Å². The van der Waals surface area contributed by atoms with E-state index in [0.717, 1.165) is 95.6 Å². The largest absolute Gasteiger partial charge is 0.508 e. The number of anilines is 3. The van der Waals surface area contributed by atoms with Gasteiger partial charge in [0, 0.05) is 64.3 Å². The van der Waals surface area contributed by atoms with E-state index in [1.54, 1.807) is 0 Å². The van der Waals surface area contributed by atoms with Crippen LogP contribution in [-0.4, -0.2) is 84.7 Å². The molecule has 1 aromatic heterocycles. The van der Waals surface area contributed by atoms with Crippen molar-refractivity contribution in [3.63, 3.8) is 0 Å². The van der Waals surface area contributed by atoms with Crippen LogP contribution in [0.5, 0.6) is 5.75 Å². The molecule has 8 nitrogen and oxygen atoms in total. The first-order valence-electron chi connectivity index (χ1n) is 18.2. The minimum atomic E-state index is 0.0215. The molecule has 0 spiro atoms. The number of benzene rings is 1. The van der Waals surface area contributed by atoms with Crippen LogP contribution in [0.2, 0.25) is 0 Å². The summed E-state index contributed by atoms with van der Waals surface area (Å²) in [4.78, 5) is 34.0. The lowest BCUT2D eigenvalue weighted by molar-refractivity contribution is -0.129. The summed E-state index contributed by atoms with van der Waals surface area (Å²) < 4.78 is 0. The predicted octanol–water partition coefficient (Wildman–Crippen LogP) is 5.71. The van der Waals surface area contributed by atoms with Gasteiger partial charge in [0.2, 0.25) is 5.95 Å². The minimum absolute atomic E-state index is 0.0215. The third kappa shape index (κ3) is 5.19. The van der Waals surface area contributed by atoms with Crippen molar-refractivity contribution in [2.45, 2.75) is 72.1 Å². The van der Waals surface area contributed by atoms with Gasteiger partial charge in [0.25, 0.3) is 0 Å². The second-order valence-electron chi connectivity index (χ2n) is 15.6. The van der Waals surface area contributed by atoms with E-state index in [2.05, 4.69) is 52.5 Å². The Morgan fingerprint density at radius 2 is 1.57 bits per heavy atom. The summed E-state index contributed by atoms with van der Waals surface area (Å²) in [6.45, 7) is 15.3. The Hall–Kier alpha value is -3.13. The molecule has 3 aliphatic carbocycles. The van der Waals surface area contributed by atoms with Crippen LogP contribution in [0.15, 0.2) is 24.3 Å². The zero-order valence-corrected chi connectivity index (χ0v) is 28.2. The lowest BCUT2D eigenvalue weighted by Crippen LogP contribution is -2.50. The van der Waals surface area contributed by atoms with Crippen molar-refractivity contribution in [2.75, 3.05) is 73.6 Å². The molecular weight excluding hydrogens is 572 g/mol. The number of Topliss-reactive ketones (excluding diaryl/α,β-unsaturated/α-hetero) is 1. The fraction of sp³-hybridized carbons (Fsp3) is 0.658. The summed E-state index contributed by atoms with van der Waals surface area (Å²) in [6.07, 6.45) is 11.6. The molecule has 0 amide bonds. The number of hydrogen-bond donors (Lipinski definition) is 1. The number of hydrogen-bond acceptors (Lipinski definition) is 8. The first kappa shape index (κ1) is 30.2. The molecule has 4 heterocycles. The zero-order valence-electron chi connectivity index (χ0n) is 28.2. The zero-order chi connectivity index (χ0) is 31.6. The molecule has 8 heteroatoms. The number of piperazine rings is 1. The van der Waals surface area contributed by atoms with Crippen molar-refractivity contribution in [1.29, 1.82) is 0 Å². The van der Waals surface area contributed by atoms with E-state index in [4.69, 9.17) is 9.97 Å². The summed E-state index contributed by atoms with van der Waals surface area (Å²) >= 11 is 0. The van der Waals surface area contributed by atoms with Gasteiger partial charge in [-0.15, -0.1) is 0 Å². The molecule has 4 fully saturated rings. The number of carbonyl (C=O) groups is 1. The molecule has 6 aliphatic rings. The first-order valence-corrected chi connectivity index (χ1v) is 18.2. The molecule has 0 bridgehead atoms. The third-order valence-electron chi connectivity index (χ3n) is 12.7. The van der Waals surface area contributed by atoms with Gasteiger partial charge in [-0.2, -0.15) is 9.97 Å². The van der Waals surface area contributed by atoms with Gasteiger partial charge >= 0.3 is 0 Å². The minimum Gasteiger partial charge on any atom is -0.508 e. The number of aryl methyl sites for hydroxylation is 2. The fourth-order valence-corrected chi connectivity index (χ4v) is 10.6. The molecule has 246 valence electrons. The molecule has 0 radical (unpaired) electrons. The number of nitrogens with zero attached hydrogens (tertiary/aromatic N) is 6. The molecule has 46 heavy (non-hydrogen) atoms. The van der Waals surface area contributed by atoms with E-state index in [1.165, 1.54) is 47.9 Å². The summed E-state index contributed by atoms with van der Waals surface area (Å²) in [5, 5.41) is 10.2. The Morgan fingerprint density at radius 3 is 2.26 bits per heavy atom. The highest BCUT2D eigenvalue weighted by Gasteiger charge is 2.57. The van der Waals surface area contributed by atoms with Crippen LogP contribution in [-0.2, 0) is 11.2 Å². The van der Waals surface area contributed by atoms with Crippen LogP contribution in [0.4, 0.5) is 17.6 Å². The van der Waals surface area contributed by atoms with Gasteiger partial charge in [0.05, 0.1) is 6.54 Å². The lowest BCUT2D eigenvalue weighted by Gasteiger charge is -2.47. The second-order valence-corrected chi connectivity index (χ2v) is 15.6. The number of aromatic nitrogens is 2. The van der Waals surface area contributed by atoms with Gasteiger partial charge in [-0.25, -0.2) is 0 Å². The highest BCUT2D eigenvalue weighted by Crippen LogP contribution is 2.63. The van der Waals surface area contributed by atoms with Crippen LogP contribution in [0, 0.1) is 36.0 Å². The quantitative estimate of drug-likeness (QED) is 0.438. The summed E-state index contributed by atoms with van der Waals surface area (Å²) in [6, 6.07) is 6.11. The fourth-order valence-electron chi connectivity index (χ4n) is 10.6. The van der Waals surface area contributed by atoms with E-state index in [1.807, 2.05) is 12.1 Å². The SMILES string of the molecule is Cc1cc(O)cc2c1C1=CC[C@@]3(C)[C@@H](C[C@@H](C)[C@@H]3C(=O)CN3CCN(c4cc(N5CCCC5)nc(N5CCCC5)n4)CC3)[C@@H]1CC2. The molecule has 1 aromatic carbocycles. The summed E-state index contributed by atoms with van der Waals surface area (Å²) in [5.41, 5.74) is 5.37. The average molecular weight is 625 g/mol. The number of phenolic OH excluding ortho intramolecular Hbond substituents is 1. The maximum Gasteiger partial charge on any atom is 0.229 e. The molecule has 5 atom stereocenters. The monoisotopic (exact) mass is 624 g/mol. The molecule has 3 aliphatic heterocycles. The van der Waals surface area contributed by atoms with Crippen molar-refractivity contribution in [3.05, 3.63) is 41.0 Å². The number of allylic oxidation sites excluding steroid dienone is 2. The van der Waals surface area contributed by atoms with E-state index in [9.17, 15) is 9.90 Å². The molecule has 8 rings (SSSR count). The molecular formula is C38H52N6O2. The van der Waals surface area contributed by atoms with Gasteiger partial charge < -0.3 is 19.8 Å². The number of phenols is 1. The van der Waals surface area contributed by atoms with Crippen LogP contribution in [0.1, 0.15) is 75.5 Å². The van der Waals surface area contributed by atoms with E-state index in [-0.39, 0.29) is 11.3 Å². The molecule has 0 unspecified atom stereocenters. The normalized spacial score (nSPS) is 31.1. The van der Waals surface area contributed by atoms with E-state index >= 15 is 0 Å². The number of carbonyl (C=O) groups excluding carboxylic acids is 1. The maximum absolute atomic E-state index is 14.2. The van der Waals surface area contributed by atoms with Crippen molar-refractivity contribution < 1.29 is 9.90 Å². The second kappa shape index (κ2) is 11.8. The maximum atomic E-state index is 14.2. The van der Waals surface area contributed by atoms with Crippen LogP contribution in [0.25, 0.3) is 5.57 Å². The van der Waals surface area contributed by atoms with Gasteiger partial charge in [-0.05, 0) is 116 Å². The molecule has 1 N–H and O–H groups in total. The summed E-state index contributed by atoms with van der Waals surface area (Å²) in [5.74, 6) is 5.45. The van der Waals surface area contributed by atoms with Crippen molar-refractivity contribution >= 4 is 28.9 Å². The lowest BCUT2D eigenvalue weighted by atomic mass is 9.57. The topological polar surface area (TPSA) is 76.0 Å². The number of rotatable bonds is 6. The molecule has 2 aromatic rings. The van der Waals surface area contributed by atoms with Crippen LogP contribution in [0.3, 0.4) is 0 Å². The third-order valence-corrected chi connectivity index (χ3v) is 12.7. The van der Waals surface area contributed by atoms with Crippen molar-refractivity contribution in [3.8, 4) is 5.75 Å². The highest BCUT2D eigenvalue weighted by atomic mass is 16.3. The van der Waals surface area contributed by atoms with Gasteiger partial charge in [0.15, 0.2) is 5.78 Å². The van der Waals surface area contributed by atoms with E-state index in [0.29, 0.717) is 35.8 Å². The van der Waals surface area contributed by atoms with Gasteiger partial charge in [0.1, 0.15) is 17.4 Å². The summed E-state index contributed by atoms with van der Waals surface area (Å²) in [7, 11) is 0. The smallest absolute Gasteiger partial charge is 0.229 e. The Bertz CT molecular complexity index is 1490. The van der Waals surface area contributed by atoms with E-state index < -0.39 is 0 Å². The Labute approximate surface area is 274 Å². The van der Waals surface area contributed by atoms with Gasteiger partial charge in [-0.1, -0.05) is 19.9 Å². The Morgan fingerprint density at radius 1 is 0.913 bits per heavy atom. The average Bonchev–Trinajstić information content (AvgIpc) is 3.82. The van der Waals surface area contributed by atoms with Gasteiger partial charge in [-0.3, -0.25) is 9.69 Å². The Kier molecular flexibility index (Phi) is 7.78. The standard InChI is InChI=1S/C38H52N6O2/c1-25-20-28(45)22-27-8-9-29-30(35(25)27)10-11-38(3)31(29)21-26(2)36(38)32(46)24-41-16-18-43(19-17-41)34-23-33(42-12-4-5-13-42)39-37(40-34)44-14-6-7-15-44/h10,20,22-23,26,29,31,36,45H,4-9,11-19,21,24H2,1-3H3/t26-,29-,31+,36-,38+/m1/s1. The Balaban J connectivity index is 0.952. The molecule has 1 saturated carbocycles. The molecule has 3 saturated heterocycles.